The molecule has 3 heteroatoms. The molecule has 3 nitrogen and oxygen atoms in total. The second-order valence-corrected chi connectivity index (χ2v) is 5.06. The normalized spacial score (nSPS) is 36.8. The van der Waals surface area contributed by atoms with Crippen LogP contribution in [-0.4, -0.2) is 37.5 Å². The van der Waals surface area contributed by atoms with E-state index in [2.05, 4.69) is 19.2 Å². The van der Waals surface area contributed by atoms with Gasteiger partial charge in [0.05, 0.1) is 13.2 Å². The smallest absolute Gasteiger partial charge is 0.0613 e. The lowest BCUT2D eigenvalue weighted by atomic mass is 9.71. The van der Waals surface area contributed by atoms with E-state index in [1.807, 2.05) is 0 Å². The van der Waals surface area contributed by atoms with Crippen molar-refractivity contribution in [2.24, 2.45) is 11.8 Å². The largest absolute Gasteiger partial charge is 0.394 e. The first-order chi connectivity index (χ1) is 7.13. The average Bonchev–Trinajstić information content (AvgIpc) is 2.24. The number of hydrogen-bond donors (Lipinski definition) is 2. The summed E-state index contributed by atoms with van der Waals surface area (Å²) in [6, 6.07) is 0. The lowest BCUT2D eigenvalue weighted by molar-refractivity contribution is 0.0690. The quantitative estimate of drug-likeness (QED) is 0.681. The summed E-state index contributed by atoms with van der Waals surface area (Å²) in [4.78, 5) is 0. The fourth-order valence-electron chi connectivity index (χ4n) is 2.49. The SMILES string of the molecule is COCCNC1(CO)CCC(C)C(C)C1. The Morgan fingerprint density at radius 1 is 1.40 bits per heavy atom. The molecule has 1 rings (SSSR count). The third-order valence-electron chi connectivity index (χ3n) is 3.87. The van der Waals surface area contributed by atoms with Crippen LogP contribution in [0.2, 0.25) is 0 Å². The van der Waals surface area contributed by atoms with Gasteiger partial charge in [0.15, 0.2) is 0 Å². The summed E-state index contributed by atoms with van der Waals surface area (Å²) in [5.41, 5.74) is -0.0511. The van der Waals surface area contributed by atoms with E-state index >= 15 is 0 Å². The molecule has 0 aromatic rings. The van der Waals surface area contributed by atoms with Gasteiger partial charge in [0.25, 0.3) is 0 Å². The Morgan fingerprint density at radius 3 is 2.67 bits per heavy atom. The molecule has 2 N–H and O–H groups in total. The number of hydrogen-bond acceptors (Lipinski definition) is 3. The molecule has 15 heavy (non-hydrogen) atoms. The van der Waals surface area contributed by atoms with Crippen molar-refractivity contribution in [2.75, 3.05) is 26.9 Å². The molecule has 1 aliphatic rings. The first-order valence-corrected chi connectivity index (χ1v) is 5.98. The fraction of sp³-hybridized carbons (Fsp3) is 1.00. The predicted octanol–water partition coefficient (Wildman–Crippen LogP) is 1.41. The highest BCUT2D eigenvalue weighted by Crippen LogP contribution is 2.35. The zero-order valence-electron chi connectivity index (χ0n) is 10.3. The summed E-state index contributed by atoms with van der Waals surface area (Å²) in [5, 5.41) is 13.0. The molecule has 0 aromatic carbocycles. The average molecular weight is 215 g/mol. The van der Waals surface area contributed by atoms with Crippen LogP contribution in [0.1, 0.15) is 33.1 Å². The van der Waals surface area contributed by atoms with Crippen LogP contribution in [0, 0.1) is 11.8 Å². The maximum absolute atomic E-state index is 9.54. The standard InChI is InChI=1S/C12H25NO2/c1-10-4-5-12(9-14,8-11(10)2)13-6-7-15-3/h10-11,13-14H,4-9H2,1-3H3. The van der Waals surface area contributed by atoms with Gasteiger partial charge < -0.3 is 15.2 Å². The van der Waals surface area contributed by atoms with Crippen LogP contribution in [-0.2, 0) is 4.74 Å². The maximum atomic E-state index is 9.54. The van der Waals surface area contributed by atoms with Crippen molar-refractivity contribution < 1.29 is 9.84 Å². The van der Waals surface area contributed by atoms with Gasteiger partial charge in [-0.25, -0.2) is 0 Å². The summed E-state index contributed by atoms with van der Waals surface area (Å²) in [5.74, 6) is 1.48. The summed E-state index contributed by atoms with van der Waals surface area (Å²) in [7, 11) is 1.71. The molecule has 0 bridgehead atoms. The van der Waals surface area contributed by atoms with E-state index in [1.54, 1.807) is 7.11 Å². The van der Waals surface area contributed by atoms with Crippen LogP contribution in [0.3, 0.4) is 0 Å². The van der Waals surface area contributed by atoms with Gasteiger partial charge in [-0.05, 0) is 31.1 Å². The molecule has 0 heterocycles. The van der Waals surface area contributed by atoms with Crippen LogP contribution < -0.4 is 5.32 Å². The van der Waals surface area contributed by atoms with Crippen molar-refractivity contribution in [3.8, 4) is 0 Å². The van der Waals surface area contributed by atoms with E-state index in [9.17, 15) is 5.11 Å². The molecule has 0 radical (unpaired) electrons. The number of nitrogens with one attached hydrogen (secondary N) is 1. The van der Waals surface area contributed by atoms with Crippen LogP contribution >= 0.6 is 0 Å². The number of aliphatic hydroxyl groups is 1. The van der Waals surface area contributed by atoms with Gasteiger partial charge in [-0.2, -0.15) is 0 Å². The molecule has 1 fully saturated rings. The predicted molar refractivity (Wildman–Crippen MR) is 61.9 cm³/mol. The Hall–Kier alpha value is -0.120. The van der Waals surface area contributed by atoms with Gasteiger partial charge in [0.2, 0.25) is 0 Å². The van der Waals surface area contributed by atoms with E-state index in [0.717, 1.165) is 25.3 Å². The van der Waals surface area contributed by atoms with E-state index < -0.39 is 0 Å². The lowest BCUT2D eigenvalue weighted by Gasteiger charge is -2.42. The van der Waals surface area contributed by atoms with E-state index in [-0.39, 0.29) is 12.1 Å². The minimum atomic E-state index is -0.0511. The van der Waals surface area contributed by atoms with Crippen molar-refractivity contribution in [3.05, 3.63) is 0 Å². The topological polar surface area (TPSA) is 41.5 Å². The van der Waals surface area contributed by atoms with Crippen molar-refractivity contribution >= 4 is 0 Å². The summed E-state index contributed by atoms with van der Waals surface area (Å²) in [6.07, 6.45) is 3.37. The Morgan fingerprint density at radius 2 is 2.13 bits per heavy atom. The molecule has 0 saturated heterocycles. The highest BCUT2D eigenvalue weighted by Gasteiger charge is 2.36. The maximum Gasteiger partial charge on any atom is 0.0613 e. The second-order valence-electron chi connectivity index (χ2n) is 5.06. The van der Waals surface area contributed by atoms with Gasteiger partial charge in [0, 0.05) is 19.2 Å². The fourth-order valence-corrected chi connectivity index (χ4v) is 2.49. The van der Waals surface area contributed by atoms with E-state index in [0.29, 0.717) is 12.5 Å². The molecule has 0 amide bonds. The van der Waals surface area contributed by atoms with Crippen molar-refractivity contribution in [2.45, 2.75) is 38.6 Å². The van der Waals surface area contributed by atoms with Crippen LogP contribution in [0.15, 0.2) is 0 Å². The van der Waals surface area contributed by atoms with E-state index in [4.69, 9.17) is 4.74 Å². The molecule has 1 saturated carbocycles. The zero-order chi connectivity index (χ0) is 11.3. The van der Waals surface area contributed by atoms with Gasteiger partial charge >= 0.3 is 0 Å². The van der Waals surface area contributed by atoms with Gasteiger partial charge in [-0.3, -0.25) is 0 Å². The number of aliphatic hydroxyl groups excluding tert-OH is 1. The highest BCUT2D eigenvalue weighted by molar-refractivity contribution is 4.94. The molecule has 3 unspecified atom stereocenters. The molecule has 0 aromatic heterocycles. The first kappa shape index (κ1) is 12.9. The van der Waals surface area contributed by atoms with Crippen LogP contribution in [0.25, 0.3) is 0 Å². The summed E-state index contributed by atoms with van der Waals surface area (Å²) in [6.45, 7) is 6.38. The minimum absolute atomic E-state index is 0.0511. The monoisotopic (exact) mass is 215 g/mol. The molecule has 90 valence electrons. The number of rotatable bonds is 5. The Labute approximate surface area is 93.2 Å². The number of ether oxygens (including phenoxy) is 1. The molecule has 3 atom stereocenters. The molecular formula is C12H25NO2. The summed E-state index contributed by atoms with van der Waals surface area (Å²) >= 11 is 0. The Kier molecular flexibility index (Phi) is 5.03. The molecule has 1 aliphatic carbocycles. The van der Waals surface area contributed by atoms with Crippen molar-refractivity contribution in [1.82, 2.24) is 5.32 Å². The van der Waals surface area contributed by atoms with Crippen LogP contribution in [0.4, 0.5) is 0 Å². The minimum Gasteiger partial charge on any atom is -0.394 e. The third kappa shape index (κ3) is 3.44. The highest BCUT2D eigenvalue weighted by atomic mass is 16.5. The molecular weight excluding hydrogens is 190 g/mol. The Bertz CT molecular complexity index is 186. The van der Waals surface area contributed by atoms with Crippen molar-refractivity contribution in [1.29, 1.82) is 0 Å². The second kappa shape index (κ2) is 5.83. The third-order valence-corrected chi connectivity index (χ3v) is 3.87. The molecule has 0 aliphatic heterocycles. The van der Waals surface area contributed by atoms with Crippen molar-refractivity contribution in [3.63, 3.8) is 0 Å². The van der Waals surface area contributed by atoms with E-state index in [1.165, 1.54) is 6.42 Å². The number of methoxy groups -OCH3 is 1. The lowest BCUT2D eigenvalue weighted by Crippen LogP contribution is -2.53. The van der Waals surface area contributed by atoms with Crippen LogP contribution in [0.5, 0.6) is 0 Å². The zero-order valence-corrected chi connectivity index (χ0v) is 10.3. The van der Waals surface area contributed by atoms with Gasteiger partial charge in [-0.1, -0.05) is 13.8 Å². The first-order valence-electron chi connectivity index (χ1n) is 5.98. The van der Waals surface area contributed by atoms with Gasteiger partial charge in [0.1, 0.15) is 0 Å². The van der Waals surface area contributed by atoms with Gasteiger partial charge in [-0.15, -0.1) is 0 Å². The molecule has 0 spiro atoms. The summed E-state index contributed by atoms with van der Waals surface area (Å²) < 4.78 is 5.03. The Balaban J connectivity index is 2.45.